The van der Waals surface area contributed by atoms with Gasteiger partial charge >= 0.3 is 5.97 Å². The number of anilines is 1. The third-order valence-electron chi connectivity index (χ3n) is 9.72. The lowest BCUT2D eigenvalue weighted by Gasteiger charge is -2.37. The standard InChI is InChI=1S/C37H47N3O7/c1-4-6-15-30(42)38-24-25(3)46-36(45)31-29-18-19-37(47-29)32(31)34(43)40(21-11-7-8-12-22-41)33(37)35(44)39(20-5-2)28-17-16-26-13-9-10-14-27(26)23-28/h4-5,9-10,13-14,16-17,23,25,29,31-33,41H,1-2,6-8,11-12,15,18-22,24H2,3H3,(H,38,42)/t25-,29+,31-,32-,33+,37-/m0/s1. The number of rotatable bonds is 17. The number of unbranched alkanes of at least 4 members (excludes halogenated alkanes) is 3. The normalized spacial score (nSPS) is 25.0. The van der Waals surface area contributed by atoms with E-state index in [-0.39, 0.29) is 37.4 Å². The molecule has 3 heterocycles. The van der Waals surface area contributed by atoms with E-state index in [9.17, 15) is 24.3 Å². The molecular formula is C37H47N3O7. The Hall–Kier alpha value is -4.02. The summed E-state index contributed by atoms with van der Waals surface area (Å²) in [4.78, 5) is 58.2. The molecule has 6 atom stereocenters. The van der Waals surface area contributed by atoms with Gasteiger partial charge in [-0.2, -0.15) is 0 Å². The quantitative estimate of drug-likeness (QED) is 0.149. The van der Waals surface area contributed by atoms with Crippen LogP contribution < -0.4 is 10.2 Å². The van der Waals surface area contributed by atoms with Crippen LogP contribution in [-0.4, -0.2) is 83.8 Å². The van der Waals surface area contributed by atoms with E-state index < -0.39 is 41.7 Å². The highest BCUT2D eigenvalue weighted by Crippen LogP contribution is 2.59. The second-order valence-electron chi connectivity index (χ2n) is 12.9. The van der Waals surface area contributed by atoms with Crippen molar-refractivity contribution in [3.05, 3.63) is 67.8 Å². The Morgan fingerprint density at radius 2 is 1.89 bits per heavy atom. The number of likely N-dealkylation sites (tertiary alicyclic amines) is 1. The summed E-state index contributed by atoms with van der Waals surface area (Å²) < 4.78 is 12.4. The molecule has 2 N–H and O–H groups in total. The van der Waals surface area contributed by atoms with Crippen LogP contribution >= 0.6 is 0 Å². The zero-order valence-electron chi connectivity index (χ0n) is 27.3. The first-order valence-electron chi connectivity index (χ1n) is 16.8. The molecule has 3 aliphatic rings. The Morgan fingerprint density at radius 1 is 1.13 bits per heavy atom. The smallest absolute Gasteiger partial charge is 0.312 e. The van der Waals surface area contributed by atoms with Crippen LogP contribution in [0.4, 0.5) is 5.69 Å². The molecule has 0 unspecified atom stereocenters. The van der Waals surface area contributed by atoms with E-state index in [1.807, 2.05) is 42.5 Å². The molecule has 2 aromatic carbocycles. The summed E-state index contributed by atoms with van der Waals surface area (Å²) in [6, 6.07) is 12.8. The molecule has 3 fully saturated rings. The zero-order valence-corrected chi connectivity index (χ0v) is 27.3. The Balaban J connectivity index is 1.41. The largest absolute Gasteiger partial charge is 0.460 e. The second-order valence-corrected chi connectivity index (χ2v) is 12.9. The molecule has 10 heteroatoms. The van der Waals surface area contributed by atoms with Crippen LogP contribution in [0, 0.1) is 11.8 Å². The fourth-order valence-electron chi connectivity index (χ4n) is 7.53. The van der Waals surface area contributed by atoms with E-state index in [0.717, 1.165) is 23.6 Å². The lowest BCUT2D eigenvalue weighted by molar-refractivity contribution is -0.159. The fraction of sp³-hybridized carbons (Fsp3) is 0.514. The van der Waals surface area contributed by atoms with Crippen LogP contribution in [0.15, 0.2) is 67.8 Å². The monoisotopic (exact) mass is 645 g/mol. The molecule has 0 aromatic heterocycles. The summed E-state index contributed by atoms with van der Waals surface area (Å²) in [5.74, 6) is -2.94. The first kappa shape index (κ1) is 34.3. The van der Waals surface area contributed by atoms with Crippen LogP contribution in [0.2, 0.25) is 0 Å². The zero-order chi connectivity index (χ0) is 33.6. The molecule has 252 valence electrons. The number of ether oxygens (including phenoxy) is 2. The summed E-state index contributed by atoms with van der Waals surface area (Å²) in [6.45, 7) is 10.1. The number of hydrogen-bond donors (Lipinski definition) is 2. The summed E-state index contributed by atoms with van der Waals surface area (Å²) in [5, 5.41) is 14.0. The number of fused-ring (bicyclic) bond motifs is 2. The summed E-state index contributed by atoms with van der Waals surface area (Å²) in [6.07, 6.45) is 6.95. The van der Waals surface area contributed by atoms with Crippen LogP contribution in [-0.2, 0) is 28.7 Å². The van der Waals surface area contributed by atoms with Crippen LogP contribution in [0.3, 0.4) is 0 Å². The van der Waals surface area contributed by atoms with Crippen LogP contribution in [0.25, 0.3) is 10.8 Å². The number of hydrogen-bond acceptors (Lipinski definition) is 7. The fourth-order valence-corrected chi connectivity index (χ4v) is 7.53. The maximum atomic E-state index is 14.8. The van der Waals surface area contributed by atoms with Crippen molar-refractivity contribution < 1.29 is 33.8 Å². The van der Waals surface area contributed by atoms with E-state index in [4.69, 9.17) is 9.47 Å². The number of nitrogens with zero attached hydrogens (tertiary/aromatic N) is 2. The Labute approximate surface area is 276 Å². The third-order valence-corrected chi connectivity index (χ3v) is 9.72. The number of carbonyl (C=O) groups is 4. The molecule has 47 heavy (non-hydrogen) atoms. The number of aliphatic hydroxyl groups is 1. The van der Waals surface area contributed by atoms with Crippen molar-refractivity contribution in [1.82, 2.24) is 10.2 Å². The molecule has 3 amide bonds. The highest BCUT2D eigenvalue weighted by Gasteiger charge is 2.75. The number of nitrogens with one attached hydrogen (secondary N) is 1. The van der Waals surface area contributed by atoms with Gasteiger partial charge in [-0.05, 0) is 61.9 Å². The lowest BCUT2D eigenvalue weighted by atomic mass is 9.70. The van der Waals surface area contributed by atoms with E-state index in [1.165, 1.54) is 0 Å². The van der Waals surface area contributed by atoms with Gasteiger partial charge in [-0.3, -0.25) is 19.2 Å². The van der Waals surface area contributed by atoms with Crippen molar-refractivity contribution in [1.29, 1.82) is 0 Å². The van der Waals surface area contributed by atoms with Gasteiger partial charge in [0.1, 0.15) is 17.7 Å². The molecule has 3 saturated heterocycles. The highest BCUT2D eigenvalue weighted by molar-refractivity contribution is 6.05. The molecule has 10 nitrogen and oxygen atoms in total. The van der Waals surface area contributed by atoms with Gasteiger partial charge in [-0.15, -0.1) is 13.2 Å². The van der Waals surface area contributed by atoms with Crippen molar-refractivity contribution in [3.63, 3.8) is 0 Å². The van der Waals surface area contributed by atoms with Crippen molar-refractivity contribution in [2.24, 2.45) is 11.8 Å². The van der Waals surface area contributed by atoms with Gasteiger partial charge in [0.15, 0.2) is 0 Å². The average Bonchev–Trinajstić information content (AvgIpc) is 3.72. The highest BCUT2D eigenvalue weighted by atomic mass is 16.6. The third kappa shape index (κ3) is 6.99. The molecule has 1 spiro atoms. The first-order chi connectivity index (χ1) is 22.7. The number of carbonyl (C=O) groups excluding carboxylic acids is 4. The Kier molecular flexibility index (Phi) is 11.1. The lowest BCUT2D eigenvalue weighted by Crippen LogP contribution is -2.56. The maximum Gasteiger partial charge on any atom is 0.312 e. The van der Waals surface area contributed by atoms with Gasteiger partial charge in [-0.1, -0.05) is 55.3 Å². The Bertz CT molecular complexity index is 1490. The predicted octanol–water partition coefficient (Wildman–Crippen LogP) is 4.30. The number of aliphatic hydroxyl groups excluding tert-OH is 1. The van der Waals surface area contributed by atoms with E-state index >= 15 is 0 Å². The molecule has 3 aliphatic heterocycles. The number of esters is 1. The molecule has 2 aromatic rings. The van der Waals surface area contributed by atoms with Crippen molar-refractivity contribution >= 4 is 40.2 Å². The minimum Gasteiger partial charge on any atom is -0.460 e. The van der Waals surface area contributed by atoms with Gasteiger partial charge in [0.2, 0.25) is 11.8 Å². The topological polar surface area (TPSA) is 125 Å². The second kappa shape index (κ2) is 15.3. The van der Waals surface area contributed by atoms with Gasteiger partial charge < -0.3 is 29.7 Å². The molecule has 0 saturated carbocycles. The van der Waals surface area contributed by atoms with Gasteiger partial charge in [0.05, 0.1) is 24.5 Å². The van der Waals surface area contributed by atoms with Crippen molar-refractivity contribution in [2.45, 2.75) is 82.1 Å². The van der Waals surface area contributed by atoms with Crippen LogP contribution in [0.1, 0.15) is 58.3 Å². The van der Waals surface area contributed by atoms with Gasteiger partial charge in [-0.25, -0.2) is 0 Å². The van der Waals surface area contributed by atoms with Crippen LogP contribution in [0.5, 0.6) is 0 Å². The minimum atomic E-state index is -1.16. The minimum absolute atomic E-state index is 0.104. The Morgan fingerprint density at radius 3 is 2.64 bits per heavy atom. The van der Waals surface area contributed by atoms with E-state index in [1.54, 1.807) is 28.9 Å². The summed E-state index contributed by atoms with van der Waals surface area (Å²) >= 11 is 0. The molecule has 2 bridgehead atoms. The summed E-state index contributed by atoms with van der Waals surface area (Å²) in [5.41, 5.74) is -0.470. The SMILES string of the molecule is C=CCCC(=O)NC[C@H](C)OC(=O)[C@@H]1[C@H]2C(=O)N(CCCCCCO)[C@H](C(=O)N(CC=C)c3ccc4ccccc4c3)[C@]23CC[C@H]1O3. The van der Waals surface area contributed by atoms with Gasteiger partial charge in [0, 0.05) is 31.8 Å². The maximum absolute atomic E-state index is 14.8. The van der Waals surface area contributed by atoms with Crippen molar-refractivity contribution in [3.8, 4) is 0 Å². The molecular weight excluding hydrogens is 598 g/mol. The first-order valence-corrected chi connectivity index (χ1v) is 16.8. The number of amides is 3. The number of allylic oxidation sites excluding steroid dienone is 1. The number of benzene rings is 2. The van der Waals surface area contributed by atoms with E-state index in [0.29, 0.717) is 50.8 Å². The average molecular weight is 646 g/mol. The molecule has 0 aliphatic carbocycles. The predicted molar refractivity (Wildman–Crippen MR) is 179 cm³/mol. The van der Waals surface area contributed by atoms with Gasteiger partial charge in [0.25, 0.3) is 5.91 Å². The van der Waals surface area contributed by atoms with Crippen molar-refractivity contribution in [2.75, 3.05) is 31.1 Å². The van der Waals surface area contributed by atoms with E-state index in [2.05, 4.69) is 18.5 Å². The summed E-state index contributed by atoms with van der Waals surface area (Å²) in [7, 11) is 0. The molecule has 0 radical (unpaired) electrons. The molecule has 5 rings (SSSR count).